The first-order valence-electron chi connectivity index (χ1n) is 7.52. The maximum Gasteiger partial charge on any atom is 0.270 e. The average Bonchev–Trinajstić information content (AvgIpc) is 2.55. The summed E-state index contributed by atoms with van der Waals surface area (Å²) in [5.74, 6) is -0.370. The molecule has 12 heteroatoms. The molecule has 0 unspecified atom stereocenters. The van der Waals surface area contributed by atoms with E-state index in [9.17, 15) is 26.9 Å². The Morgan fingerprint density at radius 1 is 1.16 bits per heavy atom. The number of nitrogens with one attached hydrogen (secondary N) is 1. The fraction of sp³-hybridized carbons (Fsp3) is 0.538. The molecule has 1 aliphatic rings. The van der Waals surface area contributed by atoms with E-state index in [0.29, 0.717) is 26.2 Å². The van der Waals surface area contributed by atoms with Crippen LogP contribution in [0.1, 0.15) is 0 Å². The maximum absolute atomic E-state index is 12.2. The van der Waals surface area contributed by atoms with Gasteiger partial charge in [0.05, 0.1) is 15.6 Å². The van der Waals surface area contributed by atoms with Crippen molar-refractivity contribution in [3.05, 3.63) is 34.4 Å². The van der Waals surface area contributed by atoms with E-state index in [-0.39, 0.29) is 22.9 Å². The molecular formula is C13H20N4O6S2. The van der Waals surface area contributed by atoms with Crippen LogP contribution in [0.25, 0.3) is 0 Å². The second-order valence-electron chi connectivity index (χ2n) is 5.67. The Hall–Kier alpha value is -1.60. The number of likely N-dealkylation sites (N-methyl/N-ethyl adjacent to an activating group) is 1. The van der Waals surface area contributed by atoms with Crippen LogP contribution < -0.4 is 4.72 Å². The van der Waals surface area contributed by atoms with Gasteiger partial charge in [-0.05, 0) is 13.1 Å². The fourth-order valence-corrected chi connectivity index (χ4v) is 4.89. The van der Waals surface area contributed by atoms with Crippen molar-refractivity contribution in [2.75, 3.05) is 45.5 Å². The summed E-state index contributed by atoms with van der Waals surface area (Å²) in [6.45, 7) is 1.68. The van der Waals surface area contributed by atoms with Crippen LogP contribution in [-0.2, 0) is 20.0 Å². The molecule has 25 heavy (non-hydrogen) atoms. The Morgan fingerprint density at radius 2 is 1.80 bits per heavy atom. The summed E-state index contributed by atoms with van der Waals surface area (Å²) in [5.41, 5.74) is -0.354. The Kier molecular flexibility index (Phi) is 6.11. The second-order valence-corrected chi connectivity index (χ2v) is 9.53. The number of rotatable bonds is 7. The zero-order chi connectivity index (χ0) is 18.7. The highest BCUT2D eigenvalue weighted by molar-refractivity contribution is 7.90. The summed E-state index contributed by atoms with van der Waals surface area (Å²) < 4.78 is 52.3. The molecule has 1 heterocycles. The number of hydrogen-bond donors (Lipinski definition) is 1. The van der Waals surface area contributed by atoms with E-state index >= 15 is 0 Å². The molecule has 1 aromatic rings. The van der Waals surface area contributed by atoms with Gasteiger partial charge in [-0.3, -0.25) is 10.1 Å². The molecule has 0 atom stereocenters. The number of non-ortho nitro benzene ring substituents is 1. The van der Waals surface area contributed by atoms with Crippen molar-refractivity contribution >= 4 is 25.7 Å². The molecule has 0 bridgehead atoms. The summed E-state index contributed by atoms with van der Waals surface area (Å²) in [6.07, 6.45) is 0. The Bertz CT molecular complexity index is 832. The second kappa shape index (κ2) is 7.74. The molecular weight excluding hydrogens is 372 g/mol. The van der Waals surface area contributed by atoms with Gasteiger partial charge in [-0.15, -0.1) is 0 Å². The van der Waals surface area contributed by atoms with Crippen LogP contribution in [-0.4, -0.2) is 76.5 Å². The summed E-state index contributed by atoms with van der Waals surface area (Å²) in [4.78, 5) is 11.8. The molecule has 1 aliphatic heterocycles. The zero-order valence-electron chi connectivity index (χ0n) is 13.7. The fourth-order valence-electron chi connectivity index (χ4n) is 2.35. The lowest BCUT2D eigenvalue weighted by Gasteiger charge is -2.31. The summed E-state index contributed by atoms with van der Waals surface area (Å²) in [6, 6.07) is 4.58. The van der Waals surface area contributed by atoms with Crippen molar-refractivity contribution in [2.24, 2.45) is 0 Å². The van der Waals surface area contributed by atoms with Gasteiger partial charge in [0, 0.05) is 44.9 Å². The van der Waals surface area contributed by atoms with Crippen LogP contribution in [0.3, 0.4) is 0 Å². The smallest absolute Gasteiger partial charge is 0.270 e. The SMILES string of the molecule is CN1CCN(S(=O)(=O)CCNS(=O)(=O)c2cccc([N+](=O)[O-])c2)CC1. The predicted octanol–water partition coefficient (Wildman–Crippen LogP) is -0.550. The minimum atomic E-state index is -4.02. The molecule has 1 aromatic carbocycles. The van der Waals surface area contributed by atoms with Gasteiger partial charge in [-0.1, -0.05) is 6.07 Å². The van der Waals surface area contributed by atoms with Crippen LogP contribution in [0, 0.1) is 10.1 Å². The van der Waals surface area contributed by atoms with Gasteiger partial charge >= 0.3 is 0 Å². The van der Waals surface area contributed by atoms with Gasteiger partial charge in [0.25, 0.3) is 5.69 Å². The third kappa shape index (κ3) is 5.19. The number of sulfonamides is 2. The first-order valence-corrected chi connectivity index (χ1v) is 10.6. The highest BCUT2D eigenvalue weighted by Gasteiger charge is 2.26. The Balaban J connectivity index is 1.98. The quantitative estimate of drug-likeness (QED) is 0.487. The van der Waals surface area contributed by atoms with Crippen LogP contribution >= 0.6 is 0 Å². The molecule has 1 saturated heterocycles. The number of hydrogen-bond acceptors (Lipinski definition) is 7. The first kappa shape index (κ1) is 19.7. The average molecular weight is 392 g/mol. The Labute approximate surface area is 146 Å². The van der Waals surface area contributed by atoms with Crippen LogP contribution in [0.15, 0.2) is 29.2 Å². The third-order valence-corrected chi connectivity index (χ3v) is 7.18. The molecule has 10 nitrogen and oxygen atoms in total. The molecule has 0 spiro atoms. The van der Waals surface area contributed by atoms with Gasteiger partial charge in [0.2, 0.25) is 20.0 Å². The van der Waals surface area contributed by atoms with Crippen molar-refractivity contribution in [1.82, 2.24) is 13.9 Å². The van der Waals surface area contributed by atoms with Crippen LogP contribution in [0.2, 0.25) is 0 Å². The summed E-state index contributed by atoms with van der Waals surface area (Å²) in [5, 5.41) is 10.7. The summed E-state index contributed by atoms with van der Waals surface area (Å²) >= 11 is 0. The number of nitro benzene ring substituents is 1. The highest BCUT2D eigenvalue weighted by Crippen LogP contribution is 2.17. The number of piperazine rings is 1. The normalized spacial score (nSPS) is 17.5. The molecule has 1 N–H and O–H groups in total. The molecule has 0 saturated carbocycles. The zero-order valence-corrected chi connectivity index (χ0v) is 15.3. The van der Waals surface area contributed by atoms with E-state index in [1.165, 1.54) is 22.5 Å². The predicted molar refractivity (Wildman–Crippen MR) is 91.1 cm³/mol. The lowest BCUT2D eigenvalue weighted by atomic mass is 10.3. The largest absolute Gasteiger partial charge is 0.304 e. The van der Waals surface area contributed by atoms with Gasteiger partial charge in [-0.25, -0.2) is 21.6 Å². The standard InChI is InChI=1S/C13H20N4O6S2/c1-15-6-8-16(9-7-15)24(20,21)10-5-14-25(22,23)13-4-2-3-12(11-13)17(18)19/h2-4,11,14H,5-10H2,1H3. The van der Waals surface area contributed by atoms with Crippen molar-refractivity contribution in [1.29, 1.82) is 0 Å². The monoisotopic (exact) mass is 392 g/mol. The van der Waals surface area contributed by atoms with Gasteiger partial charge in [0.1, 0.15) is 0 Å². The maximum atomic E-state index is 12.2. The topological polar surface area (TPSA) is 130 Å². The van der Waals surface area contributed by atoms with E-state index in [4.69, 9.17) is 0 Å². The van der Waals surface area contributed by atoms with E-state index in [1.807, 2.05) is 11.9 Å². The van der Waals surface area contributed by atoms with Crippen molar-refractivity contribution in [3.8, 4) is 0 Å². The van der Waals surface area contributed by atoms with Gasteiger partial charge in [-0.2, -0.15) is 4.31 Å². The highest BCUT2D eigenvalue weighted by atomic mass is 32.2. The molecule has 0 radical (unpaired) electrons. The van der Waals surface area contributed by atoms with Crippen molar-refractivity contribution < 1.29 is 21.8 Å². The molecule has 2 rings (SSSR count). The van der Waals surface area contributed by atoms with Gasteiger partial charge in [0.15, 0.2) is 0 Å². The number of benzene rings is 1. The van der Waals surface area contributed by atoms with Crippen LogP contribution in [0.5, 0.6) is 0 Å². The van der Waals surface area contributed by atoms with Crippen molar-refractivity contribution in [2.45, 2.75) is 4.90 Å². The van der Waals surface area contributed by atoms with E-state index < -0.39 is 25.0 Å². The van der Waals surface area contributed by atoms with Gasteiger partial charge < -0.3 is 4.90 Å². The number of nitrogens with zero attached hydrogens (tertiary/aromatic N) is 3. The lowest BCUT2D eigenvalue weighted by molar-refractivity contribution is -0.385. The molecule has 140 valence electrons. The minimum absolute atomic E-state index is 0.279. The molecule has 1 fully saturated rings. The lowest BCUT2D eigenvalue weighted by Crippen LogP contribution is -2.48. The molecule has 0 aromatic heterocycles. The first-order chi connectivity index (χ1) is 11.6. The van der Waals surface area contributed by atoms with E-state index in [1.54, 1.807) is 0 Å². The Morgan fingerprint density at radius 3 is 2.40 bits per heavy atom. The van der Waals surface area contributed by atoms with E-state index in [0.717, 1.165) is 6.07 Å². The minimum Gasteiger partial charge on any atom is -0.304 e. The number of nitro groups is 1. The molecule has 0 amide bonds. The summed E-state index contributed by atoms with van der Waals surface area (Å²) in [7, 11) is -5.69. The third-order valence-electron chi connectivity index (χ3n) is 3.85. The van der Waals surface area contributed by atoms with E-state index in [2.05, 4.69) is 4.72 Å². The van der Waals surface area contributed by atoms with Crippen molar-refractivity contribution in [3.63, 3.8) is 0 Å². The molecule has 0 aliphatic carbocycles. The van der Waals surface area contributed by atoms with Crippen LogP contribution in [0.4, 0.5) is 5.69 Å².